The van der Waals surface area contributed by atoms with Crippen molar-refractivity contribution in [1.82, 2.24) is 0 Å². The van der Waals surface area contributed by atoms with Crippen LogP contribution in [0.25, 0.3) is 0 Å². The lowest BCUT2D eigenvalue weighted by Gasteiger charge is -2.28. The van der Waals surface area contributed by atoms with Crippen molar-refractivity contribution < 1.29 is 18.3 Å². The quantitative estimate of drug-likeness (QED) is 0.725. The van der Waals surface area contributed by atoms with Crippen LogP contribution in [0.3, 0.4) is 0 Å². The van der Waals surface area contributed by atoms with E-state index in [2.05, 4.69) is 6.92 Å². The highest BCUT2D eigenvalue weighted by atomic mass is 19.1. The van der Waals surface area contributed by atoms with Gasteiger partial charge in [0, 0.05) is 12.3 Å². The van der Waals surface area contributed by atoms with Gasteiger partial charge in [0.2, 0.25) is 0 Å². The minimum absolute atomic E-state index is 0.00349. The third kappa shape index (κ3) is 3.01. The summed E-state index contributed by atoms with van der Waals surface area (Å²) < 4.78 is 39.3. The van der Waals surface area contributed by atoms with Gasteiger partial charge in [-0.1, -0.05) is 27.2 Å². The summed E-state index contributed by atoms with van der Waals surface area (Å²) in [5.74, 6) is 0.610. The summed E-state index contributed by atoms with van der Waals surface area (Å²) in [7, 11) is 0. The van der Waals surface area contributed by atoms with E-state index in [1.54, 1.807) is 6.92 Å². The molecule has 0 amide bonds. The van der Waals surface area contributed by atoms with Crippen molar-refractivity contribution in [3.05, 3.63) is 0 Å². The Kier molecular flexibility index (Phi) is 5.41. The fourth-order valence-corrected chi connectivity index (χ4v) is 3.73. The lowest BCUT2D eigenvalue weighted by Crippen LogP contribution is -2.34. The van der Waals surface area contributed by atoms with Gasteiger partial charge in [-0.25, -0.2) is 8.78 Å². The zero-order valence-electron chi connectivity index (χ0n) is 13.0. The van der Waals surface area contributed by atoms with Crippen LogP contribution >= 0.6 is 0 Å². The number of hydrogen-bond donors (Lipinski definition) is 0. The van der Waals surface area contributed by atoms with Crippen LogP contribution in [0.5, 0.6) is 0 Å². The second kappa shape index (κ2) is 6.69. The molecule has 0 aromatic heterocycles. The van der Waals surface area contributed by atoms with E-state index >= 15 is 0 Å². The molecule has 0 bridgehead atoms. The Morgan fingerprint density at radius 1 is 0.900 bits per heavy atom. The maximum atomic E-state index is 14.4. The number of alkyl halides is 2. The predicted octanol–water partition coefficient (Wildman–Crippen LogP) is 4.07. The predicted molar refractivity (Wildman–Crippen MR) is 75.3 cm³/mol. The zero-order chi connectivity index (χ0) is 14.9. The van der Waals surface area contributed by atoms with E-state index in [1.165, 1.54) is 0 Å². The van der Waals surface area contributed by atoms with Crippen molar-refractivity contribution in [3.63, 3.8) is 0 Å². The van der Waals surface area contributed by atoms with Gasteiger partial charge in [-0.05, 0) is 25.7 Å². The molecule has 0 radical (unpaired) electrons. The van der Waals surface area contributed by atoms with Gasteiger partial charge in [-0.15, -0.1) is 0 Å². The SMILES string of the molecule is CC.CC1CCC2C(C1)OC(C1CC(F)C(C)O1)C2F. The van der Waals surface area contributed by atoms with Gasteiger partial charge in [0.25, 0.3) is 0 Å². The van der Waals surface area contributed by atoms with Crippen LogP contribution in [-0.2, 0) is 9.47 Å². The number of halogens is 2. The van der Waals surface area contributed by atoms with E-state index in [0.29, 0.717) is 5.92 Å². The van der Waals surface area contributed by atoms with Crippen LogP contribution in [0.1, 0.15) is 53.4 Å². The molecule has 3 aliphatic rings. The second-order valence-electron chi connectivity index (χ2n) is 6.30. The molecule has 0 spiro atoms. The van der Waals surface area contributed by atoms with Crippen molar-refractivity contribution in [2.45, 2.75) is 90.1 Å². The number of ether oxygens (including phenoxy) is 2. The fraction of sp³-hybridized carbons (Fsp3) is 1.00. The number of rotatable bonds is 1. The van der Waals surface area contributed by atoms with Crippen LogP contribution in [0.15, 0.2) is 0 Å². The first-order chi connectivity index (χ1) is 9.56. The molecule has 118 valence electrons. The monoisotopic (exact) mass is 290 g/mol. The molecule has 2 saturated heterocycles. The number of hydrogen-bond acceptors (Lipinski definition) is 2. The van der Waals surface area contributed by atoms with E-state index in [0.717, 1.165) is 19.3 Å². The average molecular weight is 290 g/mol. The van der Waals surface area contributed by atoms with Crippen LogP contribution < -0.4 is 0 Å². The first-order valence-electron chi connectivity index (χ1n) is 8.15. The Labute approximate surface area is 121 Å². The third-order valence-corrected chi connectivity index (χ3v) is 4.88. The fourth-order valence-electron chi connectivity index (χ4n) is 3.73. The molecule has 0 aromatic carbocycles. The summed E-state index contributed by atoms with van der Waals surface area (Å²) in [4.78, 5) is 0. The molecule has 4 heteroatoms. The first kappa shape index (κ1) is 16.2. The Hall–Kier alpha value is -0.220. The highest BCUT2D eigenvalue weighted by molar-refractivity contribution is 4.99. The summed E-state index contributed by atoms with van der Waals surface area (Å²) in [5.41, 5.74) is 0. The summed E-state index contributed by atoms with van der Waals surface area (Å²) in [6.45, 7) is 7.90. The van der Waals surface area contributed by atoms with Crippen molar-refractivity contribution in [1.29, 1.82) is 0 Å². The van der Waals surface area contributed by atoms with Gasteiger partial charge < -0.3 is 9.47 Å². The van der Waals surface area contributed by atoms with Crippen LogP contribution in [0.4, 0.5) is 8.78 Å². The third-order valence-electron chi connectivity index (χ3n) is 4.88. The highest BCUT2D eigenvalue weighted by Gasteiger charge is 2.52. The van der Waals surface area contributed by atoms with Crippen LogP contribution in [0.2, 0.25) is 0 Å². The van der Waals surface area contributed by atoms with E-state index in [4.69, 9.17) is 9.47 Å². The van der Waals surface area contributed by atoms with Gasteiger partial charge in [0.1, 0.15) is 18.4 Å². The van der Waals surface area contributed by atoms with Gasteiger partial charge in [-0.3, -0.25) is 0 Å². The highest BCUT2D eigenvalue weighted by Crippen LogP contribution is 2.44. The molecule has 20 heavy (non-hydrogen) atoms. The standard InChI is InChI=1S/C14H22F2O2.C2H6/c1-7-3-4-9-11(5-7)18-14(13(9)16)12-6-10(15)8(2)17-12;1-2/h7-14H,3-6H2,1-2H3;1-2H3. The minimum Gasteiger partial charge on any atom is -0.369 e. The van der Waals surface area contributed by atoms with Gasteiger partial charge in [0.15, 0.2) is 0 Å². The summed E-state index contributed by atoms with van der Waals surface area (Å²) >= 11 is 0. The van der Waals surface area contributed by atoms with E-state index in [-0.39, 0.29) is 18.4 Å². The van der Waals surface area contributed by atoms with E-state index in [1.807, 2.05) is 13.8 Å². The summed E-state index contributed by atoms with van der Waals surface area (Å²) in [6, 6.07) is 0. The molecule has 2 nitrogen and oxygen atoms in total. The van der Waals surface area contributed by atoms with Crippen molar-refractivity contribution in [2.24, 2.45) is 11.8 Å². The normalized spacial score (nSPS) is 51.3. The maximum absolute atomic E-state index is 14.4. The molecule has 0 aromatic rings. The van der Waals surface area contributed by atoms with Crippen molar-refractivity contribution in [3.8, 4) is 0 Å². The molecule has 0 N–H and O–H groups in total. The van der Waals surface area contributed by atoms with Gasteiger partial charge in [0.05, 0.1) is 18.3 Å². The van der Waals surface area contributed by atoms with Gasteiger partial charge in [-0.2, -0.15) is 0 Å². The Balaban J connectivity index is 0.000000704. The average Bonchev–Trinajstić information content (AvgIpc) is 2.93. The van der Waals surface area contributed by atoms with Crippen LogP contribution in [-0.4, -0.2) is 36.8 Å². The molecule has 1 aliphatic carbocycles. The molecule has 1 saturated carbocycles. The van der Waals surface area contributed by atoms with E-state index in [9.17, 15) is 8.78 Å². The van der Waals surface area contributed by atoms with Crippen LogP contribution in [0, 0.1) is 11.8 Å². The summed E-state index contributed by atoms with van der Waals surface area (Å²) in [5, 5.41) is 0. The molecule has 3 rings (SSSR count). The largest absolute Gasteiger partial charge is 0.369 e. The lowest BCUT2D eigenvalue weighted by molar-refractivity contribution is -0.0816. The molecule has 2 heterocycles. The second-order valence-corrected chi connectivity index (χ2v) is 6.30. The minimum atomic E-state index is -0.981. The van der Waals surface area contributed by atoms with Crippen molar-refractivity contribution >= 4 is 0 Å². The Bertz CT molecular complexity index is 303. The number of fused-ring (bicyclic) bond motifs is 1. The molecule has 2 aliphatic heterocycles. The smallest absolute Gasteiger partial charge is 0.134 e. The van der Waals surface area contributed by atoms with Gasteiger partial charge >= 0.3 is 0 Å². The molecular formula is C16H28F2O2. The zero-order valence-corrected chi connectivity index (χ0v) is 13.0. The van der Waals surface area contributed by atoms with Crippen molar-refractivity contribution in [2.75, 3.05) is 0 Å². The maximum Gasteiger partial charge on any atom is 0.134 e. The Morgan fingerprint density at radius 2 is 1.60 bits per heavy atom. The topological polar surface area (TPSA) is 18.5 Å². The molecular weight excluding hydrogens is 262 g/mol. The van der Waals surface area contributed by atoms with E-state index < -0.39 is 30.7 Å². The molecule has 3 fully saturated rings. The molecule has 8 atom stereocenters. The summed E-state index contributed by atoms with van der Waals surface area (Å²) in [6.07, 6.45) is -0.129. The lowest BCUT2D eigenvalue weighted by atomic mass is 9.79. The molecule has 8 unspecified atom stereocenters. The Morgan fingerprint density at radius 3 is 2.20 bits per heavy atom. The first-order valence-corrected chi connectivity index (χ1v) is 8.15.